The second-order valence-electron chi connectivity index (χ2n) is 8.75. The second-order valence-corrected chi connectivity index (χ2v) is 8.75. The van der Waals surface area contributed by atoms with E-state index in [2.05, 4.69) is 59.5 Å². The molecule has 2 heterocycles. The highest BCUT2D eigenvalue weighted by Crippen LogP contribution is 2.45. The second kappa shape index (κ2) is 7.71. The Morgan fingerprint density at radius 3 is 2.36 bits per heavy atom. The van der Waals surface area contributed by atoms with Gasteiger partial charge in [0.15, 0.2) is 0 Å². The Balaban J connectivity index is 1.31. The highest BCUT2D eigenvalue weighted by atomic mass is 16.5. The Bertz CT molecular complexity index is 810. The van der Waals surface area contributed by atoms with Crippen LogP contribution < -0.4 is 0 Å². The van der Waals surface area contributed by atoms with Crippen LogP contribution in [-0.4, -0.2) is 36.1 Å². The number of carbonyl (C=O) groups excluding carboxylic acids is 1. The zero-order valence-corrected chi connectivity index (χ0v) is 16.4. The van der Waals surface area contributed by atoms with E-state index in [1.54, 1.807) is 0 Å². The molecule has 3 fully saturated rings. The fourth-order valence-electron chi connectivity index (χ4n) is 5.71. The minimum atomic E-state index is 0.0187. The van der Waals surface area contributed by atoms with E-state index >= 15 is 0 Å². The number of nitrogens with zero attached hydrogens (tertiary/aromatic N) is 1. The molecule has 0 radical (unpaired) electrons. The molecule has 2 bridgehead atoms. The van der Waals surface area contributed by atoms with Gasteiger partial charge < -0.3 is 4.74 Å². The Morgan fingerprint density at radius 2 is 1.61 bits per heavy atom. The smallest absolute Gasteiger partial charge is 0.306 e. The number of ether oxygens (including phenoxy) is 1. The molecule has 28 heavy (non-hydrogen) atoms. The summed E-state index contributed by atoms with van der Waals surface area (Å²) >= 11 is 0. The molecule has 2 saturated heterocycles. The van der Waals surface area contributed by atoms with Crippen molar-refractivity contribution in [1.82, 2.24) is 4.90 Å². The van der Waals surface area contributed by atoms with Crippen LogP contribution >= 0.6 is 0 Å². The molecule has 0 N–H and O–H groups in total. The van der Waals surface area contributed by atoms with Crippen molar-refractivity contribution in [3.63, 3.8) is 0 Å². The summed E-state index contributed by atoms with van der Waals surface area (Å²) in [7, 11) is 0. The lowest BCUT2D eigenvalue weighted by Crippen LogP contribution is -2.51. The summed E-state index contributed by atoms with van der Waals surface area (Å²) < 4.78 is 5.81. The largest absolute Gasteiger partial charge is 0.461 e. The number of esters is 1. The summed E-state index contributed by atoms with van der Waals surface area (Å²) in [5.74, 6) is 1.02. The third-order valence-corrected chi connectivity index (χ3v) is 7.02. The van der Waals surface area contributed by atoms with E-state index in [1.165, 1.54) is 49.0 Å². The predicted molar refractivity (Wildman–Crippen MR) is 111 cm³/mol. The molecule has 2 aliphatic heterocycles. The average Bonchev–Trinajstić information content (AvgIpc) is 2.97. The van der Waals surface area contributed by atoms with Crippen LogP contribution in [0.2, 0.25) is 0 Å². The molecule has 5 rings (SSSR count). The third kappa shape index (κ3) is 3.48. The maximum absolute atomic E-state index is 12.1. The van der Waals surface area contributed by atoms with E-state index in [9.17, 15) is 4.79 Å². The summed E-state index contributed by atoms with van der Waals surface area (Å²) in [6.45, 7) is 2.35. The van der Waals surface area contributed by atoms with Gasteiger partial charge >= 0.3 is 5.97 Å². The summed E-state index contributed by atoms with van der Waals surface area (Å²) in [5.41, 5.74) is 3.90. The van der Waals surface area contributed by atoms with Crippen LogP contribution in [-0.2, 0) is 16.0 Å². The molecule has 146 valence electrons. The first-order valence-electron chi connectivity index (χ1n) is 10.9. The van der Waals surface area contributed by atoms with E-state index in [-0.39, 0.29) is 12.1 Å². The van der Waals surface area contributed by atoms with Gasteiger partial charge in [0, 0.05) is 0 Å². The first-order valence-corrected chi connectivity index (χ1v) is 10.9. The Hall–Kier alpha value is -2.13. The van der Waals surface area contributed by atoms with Gasteiger partial charge in [-0.25, -0.2) is 0 Å². The van der Waals surface area contributed by atoms with Crippen LogP contribution in [0, 0.1) is 11.8 Å². The first kappa shape index (κ1) is 17.9. The first-order chi connectivity index (χ1) is 13.8. The number of fused-ring (bicyclic) bond motifs is 2. The van der Waals surface area contributed by atoms with Crippen molar-refractivity contribution in [2.75, 3.05) is 13.1 Å². The maximum Gasteiger partial charge on any atom is 0.306 e. The van der Waals surface area contributed by atoms with E-state index in [0.29, 0.717) is 24.3 Å². The minimum absolute atomic E-state index is 0.0187. The van der Waals surface area contributed by atoms with Gasteiger partial charge in [-0.05, 0) is 67.3 Å². The van der Waals surface area contributed by atoms with Gasteiger partial charge in [-0.1, -0.05) is 61.0 Å². The number of benzene rings is 2. The van der Waals surface area contributed by atoms with Crippen molar-refractivity contribution in [2.24, 2.45) is 11.8 Å². The molecule has 1 saturated carbocycles. The van der Waals surface area contributed by atoms with Gasteiger partial charge in [-0.15, -0.1) is 0 Å². The number of hydrogen-bond donors (Lipinski definition) is 0. The Labute approximate surface area is 167 Å². The monoisotopic (exact) mass is 375 g/mol. The fraction of sp³-hybridized carbons (Fsp3) is 0.480. The molecule has 2 aromatic rings. The van der Waals surface area contributed by atoms with Crippen molar-refractivity contribution in [1.29, 1.82) is 0 Å². The summed E-state index contributed by atoms with van der Waals surface area (Å²) in [6, 6.07) is 20.0. The highest BCUT2D eigenvalue weighted by molar-refractivity contribution is 5.71. The molecule has 1 aliphatic carbocycles. The molecular formula is C25H29NO2. The molecule has 2 aromatic carbocycles. The van der Waals surface area contributed by atoms with Crippen LogP contribution in [0.25, 0.3) is 11.1 Å². The van der Waals surface area contributed by atoms with Crippen LogP contribution in [0.4, 0.5) is 0 Å². The zero-order valence-electron chi connectivity index (χ0n) is 16.4. The zero-order chi connectivity index (χ0) is 18.9. The summed E-state index contributed by atoms with van der Waals surface area (Å²) in [5, 5.41) is 0. The predicted octanol–water partition coefficient (Wildman–Crippen LogP) is 4.70. The lowest BCUT2D eigenvalue weighted by atomic mass is 9.84. The van der Waals surface area contributed by atoms with Crippen LogP contribution in [0.15, 0.2) is 54.6 Å². The topological polar surface area (TPSA) is 29.5 Å². The van der Waals surface area contributed by atoms with Crippen molar-refractivity contribution in [3.05, 3.63) is 60.2 Å². The lowest BCUT2D eigenvalue weighted by Gasteiger charge is -2.41. The number of likely N-dealkylation sites (tertiary alicyclic amines) is 1. The van der Waals surface area contributed by atoms with Gasteiger partial charge in [0.1, 0.15) is 6.10 Å². The lowest BCUT2D eigenvalue weighted by molar-refractivity contribution is -0.159. The SMILES string of the molecule is O=C1C[C@H]2[C@@H](Cc3ccc(-c4ccccc4)cc3)C[C@@H](O1)[C@H]2N1CCCCC1. The maximum atomic E-state index is 12.1. The highest BCUT2D eigenvalue weighted by Gasteiger charge is 2.51. The van der Waals surface area contributed by atoms with Gasteiger partial charge in [-0.3, -0.25) is 9.69 Å². The number of piperidine rings is 1. The molecule has 0 aromatic heterocycles. The molecule has 0 unspecified atom stereocenters. The van der Waals surface area contributed by atoms with Gasteiger partial charge in [-0.2, -0.15) is 0 Å². The van der Waals surface area contributed by atoms with Crippen molar-refractivity contribution in [2.45, 2.75) is 50.7 Å². The average molecular weight is 376 g/mol. The standard InChI is InChI=1S/C25H29NO2/c27-24-17-22-21(16-23(28-24)25(22)26-13-5-2-6-14-26)15-18-9-11-20(12-10-18)19-7-3-1-4-8-19/h1,3-4,7-12,21-23,25H,2,5-6,13-17H2/t21-,22-,23+,25-/m0/s1. The molecular weight excluding hydrogens is 346 g/mol. The molecule has 4 atom stereocenters. The van der Waals surface area contributed by atoms with E-state index in [0.717, 1.165) is 12.8 Å². The van der Waals surface area contributed by atoms with Gasteiger partial charge in [0.05, 0.1) is 12.5 Å². The normalized spacial score (nSPS) is 30.2. The summed E-state index contributed by atoms with van der Waals surface area (Å²) in [4.78, 5) is 14.7. The quantitative estimate of drug-likeness (QED) is 0.726. The molecule has 0 amide bonds. The molecule has 3 heteroatoms. The number of hydrogen-bond acceptors (Lipinski definition) is 3. The Morgan fingerprint density at radius 1 is 0.893 bits per heavy atom. The molecule has 3 nitrogen and oxygen atoms in total. The fourth-order valence-corrected chi connectivity index (χ4v) is 5.71. The van der Waals surface area contributed by atoms with Crippen molar-refractivity contribution in [3.8, 4) is 11.1 Å². The van der Waals surface area contributed by atoms with Gasteiger partial charge in [0.25, 0.3) is 0 Å². The van der Waals surface area contributed by atoms with E-state index < -0.39 is 0 Å². The van der Waals surface area contributed by atoms with E-state index in [4.69, 9.17) is 4.74 Å². The van der Waals surface area contributed by atoms with Crippen molar-refractivity contribution >= 4 is 5.97 Å². The Kier molecular flexibility index (Phi) is 4.94. The summed E-state index contributed by atoms with van der Waals surface area (Å²) in [6.07, 6.45) is 6.71. The number of carbonyl (C=O) groups is 1. The van der Waals surface area contributed by atoms with Crippen molar-refractivity contribution < 1.29 is 9.53 Å². The van der Waals surface area contributed by atoms with Crippen LogP contribution in [0.3, 0.4) is 0 Å². The third-order valence-electron chi connectivity index (χ3n) is 7.02. The van der Waals surface area contributed by atoms with Crippen LogP contribution in [0.5, 0.6) is 0 Å². The number of rotatable bonds is 4. The van der Waals surface area contributed by atoms with E-state index in [1.807, 2.05) is 0 Å². The molecule has 0 spiro atoms. The van der Waals surface area contributed by atoms with Gasteiger partial charge in [0.2, 0.25) is 0 Å². The molecule has 3 aliphatic rings. The van der Waals surface area contributed by atoms with Crippen LogP contribution in [0.1, 0.15) is 37.7 Å². The minimum Gasteiger partial charge on any atom is -0.461 e.